The number of aliphatic imine (C=N–C) groups is 1. The smallest absolute Gasteiger partial charge is 0.337 e. The van der Waals surface area contributed by atoms with Crippen LogP contribution >= 0.6 is 0 Å². The summed E-state index contributed by atoms with van der Waals surface area (Å²) >= 11 is 0. The first-order valence-electron chi connectivity index (χ1n) is 7.09. The summed E-state index contributed by atoms with van der Waals surface area (Å²) in [5.74, 6) is 0.454. The van der Waals surface area contributed by atoms with E-state index in [4.69, 9.17) is 0 Å². The van der Waals surface area contributed by atoms with Crippen LogP contribution < -0.4 is 10.6 Å². The van der Waals surface area contributed by atoms with Crippen LogP contribution in [0.1, 0.15) is 43.6 Å². The number of ether oxygens (including phenoxy) is 1. The van der Waals surface area contributed by atoms with Gasteiger partial charge in [0.25, 0.3) is 0 Å². The Kier molecular flexibility index (Phi) is 6.21. The molecule has 21 heavy (non-hydrogen) atoms. The topological polar surface area (TPSA) is 62.7 Å². The molecular formula is C16H25N3O2. The van der Waals surface area contributed by atoms with Crippen molar-refractivity contribution in [2.24, 2.45) is 4.99 Å². The van der Waals surface area contributed by atoms with E-state index in [-0.39, 0.29) is 11.5 Å². The van der Waals surface area contributed by atoms with Crippen molar-refractivity contribution in [3.05, 3.63) is 35.4 Å². The summed E-state index contributed by atoms with van der Waals surface area (Å²) in [5.41, 5.74) is 1.54. The Labute approximate surface area is 126 Å². The van der Waals surface area contributed by atoms with Gasteiger partial charge in [0.05, 0.1) is 19.2 Å². The summed E-state index contributed by atoms with van der Waals surface area (Å²) in [6.45, 7) is 9.65. The Morgan fingerprint density at radius 2 is 1.86 bits per heavy atom. The molecule has 5 nitrogen and oxygen atoms in total. The molecule has 0 atom stereocenters. The first kappa shape index (κ1) is 17.0. The Morgan fingerprint density at radius 1 is 1.24 bits per heavy atom. The monoisotopic (exact) mass is 291 g/mol. The van der Waals surface area contributed by atoms with E-state index < -0.39 is 0 Å². The molecule has 0 radical (unpaired) electrons. The van der Waals surface area contributed by atoms with E-state index in [0.717, 1.165) is 18.1 Å². The van der Waals surface area contributed by atoms with Gasteiger partial charge in [-0.1, -0.05) is 12.1 Å². The van der Waals surface area contributed by atoms with E-state index in [1.165, 1.54) is 7.11 Å². The lowest BCUT2D eigenvalue weighted by atomic mass is 10.1. The highest BCUT2D eigenvalue weighted by molar-refractivity contribution is 5.89. The standard InChI is InChI=1S/C16H25N3O2/c1-6-17-15(19-16(2,3)4)18-11-12-7-9-13(10-8-12)14(20)21-5/h7-10H,6,11H2,1-5H3,(H2,17,18,19). The van der Waals surface area contributed by atoms with E-state index in [0.29, 0.717) is 12.1 Å². The van der Waals surface area contributed by atoms with Crippen LogP contribution in [0.5, 0.6) is 0 Å². The van der Waals surface area contributed by atoms with Gasteiger partial charge in [-0.15, -0.1) is 0 Å². The van der Waals surface area contributed by atoms with Crippen molar-refractivity contribution < 1.29 is 9.53 Å². The second-order valence-corrected chi connectivity index (χ2v) is 5.76. The lowest BCUT2D eigenvalue weighted by Gasteiger charge is -2.23. The minimum absolute atomic E-state index is 0.0459. The average Bonchev–Trinajstić information content (AvgIpc) is 2.43. The van der Waals surface area contributed by atoms with Gasteiger partial charge in [0.2, 0.25) is 0 Å². The first-order valence-corrected chi connectivity index (χ1v) is 7.09. The van der Waals surface area contributed by atoms with E-state index in [1.54, 1.807) is 12.1 Å². The second kappa shape index (κ2) is 7.67. The van der Waals surface area contributed by atoms with Crippen LogP contribution in [0.25, 0.3) is 0 Å². The van der Waals surface area contributed by atoms with Crippen LogP contribution in [0.4, 0.5) is 0 Å². The molecule has 0 amide bonds. The van der Waals surface area contributed by atoms with Gasteiger partial charge in [-0.25, -0.2) is 9.79 Å². The molecule has 1 aromatic rings. The predicted octanol–water partition coefficient (Wildman–Crippen LogP) is 2.33. The largest absolute Gasteiger partial charge is 0.465 e. The number of rotatable bonds is 4. The Bertz CT molecular complexity index is 487. The molecule has 0 fully saturated rings. The van der Waals surface area contributed by atoms with Crippen molar-refractivity contribution >= 4 is 11.9 Å². The molecule has 0 bridgehead atoms. The van der Waals surface area contributed by atoms with Crippen LogP contribution in [0.3, 0.4) is 0 Å². The van der Waals surface area contributed by atoms with Crippen molar-refractivity contribution in [1.29, 1.82) is 0 Å². The zero-order valence-corrected chi connectivity index (χ0v) is 13.5. The Hall–Kier alpha value is -2.04. The third kappa shape index (κ3) is 6.29. The van der Waals surface area contributed by atoms with Gasteiger partial charge in [0.1, 0.15) is 0 Å². The highest BCUT2D eigenvalue weighted by atomic mass is 16.5. The second-order valence-electron chi connectivity index (χ2n) is 5.76. The van der Waals surface area contributed by atoms with Crippen LogP contribution in [0.2, 0.25) is 0 Å². The number of hydrogen-bond donors (Lipinski definition) is 2. The molecular weight excluding hydrogens is 266 g/mol. The maximum atomic E-state index is 11.4. The van der Waals surface area contributed by atoms with E-state index in [1.807, 2.05) is 19.1 Å². The number of nitrogens with zero attached hydrogens (tertiary/aromatic N) is 1. The van der Waals surface area contributed by atoms with Crippen molar-refractivity contribution in [1.82, 2.24) is 10.6 Å². The zero-order valence-electron chi connectivity index (χ0n) is 13.5. The fourth-order valence-corrected chi connectivity index (χ4v) is 1.70. The first-order chi connectivity index (χ1) is 9.85. The summed E-state index contributed by atoms with van der Waals surface area (Å²) in [6.07, 6.45) is 0. The van der Waals surface area contributed by atoms with Crippen molar-refractivity contribution in [3.63, 3.8) is 0 Å². The Morgan fingerprint density at radius 3 is 2.33 bits per heavy atom. The SMILES string of the molecule is CCNC(=NCc1ccc(C(=O)OC)cc1)NC(C)(C)C. The molecule has 5 heteroatoms. The predicted molar refractivity (Wildman–Crippen MR) is 85.5 cm³/mol. The van der Waals surface area contributed by atoms with E-state index in [9.17, 15) is 4.79 Å². The summed E-state index contributed by atoms with van der Waals surface area (Å²) in [6, 6.07) is 7.27. The number of benzene rings is 1. The van der Waals surface area contributed by atoms with Crippen molar-refractivity contribution in [3.8, 4) is 0 Å². The molecule has 0 aromatic heterocycles. The van der Waals surface area contributed by atoms with Crippen molar-refractivity contribution in [2.75, 3.05) is 13.7 Å². The lowest BCUT2D eigenvalue weighted by Crippen LogP contribution is -2.47. The molecule has 2 N–H and O–H groups in total. The van der Waals surface area contributed by atoms with E-state index >= 15 is 0 Å². The molecule has 0 aliphatic rings. The molecule has 0 spiro atoms. The van der Waals surface area contributed by atoms with Gasteiger partial charge in [-0.05, 0) is 45.4 Å². The highest BCUT2D eigenvalue weighted by Gasteiger charge is 2.11. The summed E-state index contributed by atoms with van der Waals surface area (Å²) < 4.78 is 4.67. The molecule has 116 valence electrons. The lowest BCUT2D eigenvalue weighted by molar-refractivity contribution is 0.0600. The quantitative estimate of drug-likeness (QED) is 0.508. The molecule has 0 saturated heterocycles. The van der Waals surface area contributed by atoms with Crippen LogP contribution in [0.15, 0.2) is 29.3 Å². The number of methoxy groups -OCH3 is 1. The van der Waals surface area contributed by atoms with Crippen LogP contribution in [-0.2, 0) is 11.3 Å². The number of hydrogen-bond acceptors (Lipinski definition) is 3. The molecule has 1 rings (SSSR count). The molecule has 0 heterocycles. The third-order valence-electron chi connectivity index (χ3n) is 2.63. The van der Waals surface area contributed by atoms with Crippen molar-refractivity contribution in [2.45, 2.75) is 39.8 Å². The maximum Gasteiger partial charge on any atom is 0.337 e. The van der Waals surface area contributed by atoms with Crippen LogP contribution in [0, 0.1) is 0 Å². The Balaban J connectivity index is 2.73. The number of carbonyl (C=O) groups is 1. The molecule has 0 saturated carbocycles. The summed E-state index contributed by atoms with van der Waals surface area (Å²) in [5, 5.41) is 6.54. The maximum absolute atomic E-state index is 11.4. The molecule has 0 aliphatic heterocycles. The molecule has 0 unspecified atom stereocenters. The normalized spacial score (nSPS) is 12.0. The van der Waals surface area contributed by atoms with Gasteiger partial charge in [0.15, 0.2) is 5.96 Å². The fraction of sp³-hybridized carbons (Fsp3) is 0.500. The summed E-state index contributed by atoms with van der Waals surface area (Å²) in [4.78, 5) is 15.9. The van der Waals surface area contributed by atoms with Crippen LogP contribution in [-0.4, -0.2) is 31.1 Å². The highest BCUT2D eigenvalue weighted by Crippen LogP contribution is 2.07. The average molecular weight is 291 g/mol. The van der Waals surface area contributed by atoms with Gasteiger partial charge in [-0.2, -0.15) is 0 Å². The number of nitrogens with one attached hydrogen (secondary N) is 2. The number of guanidine groups is 1. The number of carbonyl (C=O) groups excluding carboxylic acids is 1. The molecule has 0 aliphatic carbocycles. The van der Waals surface area contributed by atoms with Gasteiger partial charge >= 0.3 is 5.97 Å². The van der Waals surface area contributed by atoms with Gasteiger partial charge < -0.3 is 15.4 Å². The zero-order chi connectivity index (χ0) is 15.9. The van der Waals surface area contributed by atoms with E-state index in [2.05, 4.69) is 41.1 Å². The number of esters is 1. The minimum atomic E-state index is -0.326. The van der Waals surface area contributed by atoms with Gasteiger partial charge in [-0.3, -0.25) is 0 Å². The fourth-order valence-electron chi connectivity index (χ4n) is 1.70. The minimum Gasteiger partial charge on any atom is -0.465 e. The van der Waals surface area contributed by atoms with Gasteiger partial charge in [0, 0.05) is 12.1 Å². The third-order valence-corrected chi connectivity index (χ3v) is 2.63. The summed E-state index contributed by atoms with van der Waals surface area (Å²) in [7, 11) is 1.38. The molecule has 1 aromatic carbocycles.